The zero-order valence-electron chi connectivity index (χ0n) is 20.9. The molecule has 0 aliphatic carbocycles. The van der Waals surface area contributed by atoms with Crippen LogP contribution in [0.5, 0.6) is 6.01 Å². The van der Waals surface area contributed by atoms with E-state index in [0.29, 0.717) is 12.2 Å². The molecule has 1 unspecified atom stereocenters. The van der Waals surface area contributed by atoms with Crippen LogP contribution >= 0.6 is 0 Å². The maximum absolute atomic E-state index is 15.6. The van der Waals surface area contributed by atoms with E-state index in [4.69, 9.17) is 18.9 Å². The predicted octanol–water partition coefficient (Wildman–Crippen LogP) is 3.74. The smallest absolute Gasteiger partial charge is 0.295 e. The van der Waals surface area contributed by atoms with Gasteiger partial charge in [-0.15, -0.1) is 0 Å². The number of aliphatic hydroxyl groups excluding tert-OH is 1. The summed E-state index contributed by atoms with van der Waals surface area (Å²) in [6, 6.07) is 16.5. The number of hydrogen-bond acceptors (Lipinski definition) is 7. The molecule has 3 aromatic carbocycles. The molecular formula is C29H27F2N3O5. The van der Waals surface area contributed by atoms with Gasteiger partial charge >= 0.3 is 0 Å². The van der Waals surface area contributed by atoms with Crippen molar-refractivity contribution in [2.24, 2.45) is 0 Å². The van der Waals surface area contributed by atoms with Gasteiger partial charge in [-0.25, -0.2) is 8.78 Å². The van der Waals surface area contributed by atoms with Crippen molar-refractivity contribution in [1.82, 2.24) is 15.3 Å². The number of aliphatic hydroxyl groups is 1. The number of H-pyrrole nitrogens is 1. The minimum Gasteiger partial charge on any atom is -0.456 e. The van der Waals surface area contributed by atoms with E-state index in [0.717, 1.165) is 29.8 Å². The van der Waals surface area contributed by atoms with Crippen LogP contribution < -0.4 is 10.1 Å². The highest BCUT2D eigenvalue weighted by molar-refractivity contribution is 5.84. The molecule has 3 saturated heterocycles. The molecule has 0 spiro atoms. The van der Waals surface area contributed by atoms with E-state index in [9.17, 15) is 5.11 Å². The third kappa shape index (κ3) is 4.48. The van der Waals surface area contributed by atoms with Gasteiger partial charge in [0.2, 0.25) is 0 Å². The van der Waals surface area contributed by atoms with Crippen LogP contribution in [-0.2, 0) is 14.2 Å². The summed E-state index contributed by atoms with van der Waals surface area (Å²) in [7, 11) is 0. The minimum atomic E-state index is -0.776. The molecule has 3 aliphatic heterocycles. The van der Waals surface area contributed by atoms with Crippen LogP contribution in [0.2, 0.25) is 0 Å². The number of nitrogens with one attached hydrogen (secondary N) is 2. The molecule has 3 N–H and O–H groups in total. The number of imidazole rings is 1. The first-order valence-corrected chi connectivity index (χ1v) is 13.0. The van der Waals surface area contributed by atoms with E-state index in [1.54, 1.807) is 12.1 Å². The molecule has 4 heterocycles. The summed E-state index contributed by atoms with van der Waals surface area (Å²) in [5.41, 5.74) is 3.44. The van der Waals surface area contributed by atoms with Crippen molar-refractivity contribution in [2.75, 3.05) is 32.9 Å². The number of fused-ring (bicyclic) bond motifs is 2. The Bertz CT molecular complexity index is 1490. The molecule has 4 aromatic rings. The number of morpholine rings is 1. The van der Waals surface area contributed by atoms with Gasteiger partial charge in [-0.05, 0) is 22.3 Å². The first-order chi connectivity index (χ1) is 19.0. The Labute approximate surface area is 222 Å². The Kier molecular flexibility index (Phi) is 6.29. The van der Waals surface area contributed by atoms with E-state index in [2.05, 4.69) is 15.3 Å². The Morgan fingerprint density at radius 1 is 0.897 bits per heavy atom. The lowest BCUT2D eigenvalue weighted by Gasteiger charge is -2.24. The average Bonchev–Trinajstić information content (AvgIpc) is 3.67. The van der Waals surface area contributed by atoms with Crippen molar-refractivity contribution in [3.05, 3.63) is 71.8 Å². The van der Waals surface area contributed by atoms with Crippen LogP contribution in [0.1, 0.15) is 11.7 Å². The standard InChI is InChI=1S/C29H27F2N3O5/c30-19-11-20-26(34-29(33-20)39-23-14-38-27-21(35)13-37-28(23)27)25(31)24(19)18-7-3-16(4-8-18)15-1-5-17(6-2-15)22-12-32-9-10-36-22/h1-8,11,21-23,27-28,32,35H,9-10,12-14H2,(H,33,34)/t21-,22?,23-,27-,28-/m1/s1. The number of nitrogens with zero attached hydrogens (tertiary/aromatic N) is 1. The predicted molar refractivity (Wildman–Crippen MR) is 138 cm³/mol. The number of halogens is 2. The van der Waals surface area contributed by atoms with Crippen molar-refractivity contribution >= 4 is 11.0 Å². The molecular weight excluding hydrogens is 508 g/mol. The molecule has 0 amide bonds. The molecule has 7 rings (SSSR count). The molecule has 8 nitrogen and oxygen atoms in total. The van der Waals surface area contributed by atoms with Gasteiger partial charge in [0.25, 0.3) is 6.01 Å². The third-order valence-corrected chi connectivity index (χ3v) is 7.61. The first kappa shape index (κ1) is 24.6. The number of ether oxygens (including phenoxy) is 4. The SMILES string of the molecule is O[C@@H]1CO[C@H]2[C@@H]1OC[C@H]2Oc1nc2c(F)c(-c3ccc(-c4ccc(C5CNCCO5)cc4)cc3)c(F)cc2[nH]1. The zero-order chi connectivity index (χ0) is 26.5. The summed E-state index contributed by atoms with van der Waals surface area (Å²) < 4.78 is 53.5. The number of rotatable bonds is 5. The van der Waals surface area contributed by atoms with Gasteiger partial charge in [-0.1, -0.05) is 48.5 Å². The van der Waals surface area contributed by atoms with Crippen molar-refractivity contribution in [3.63, 3.8) is 0 Å². The Morgan fingerprint density at radius 3 is 2.36 bits per heavy atom. The second-order valence-corrected chi connectivity index (χ2v) is 10.1. The van der Waals surface area contributed by atoms with E-state index in [1.807, 2.05) is 36.4 Å². The minimum absolute atomic E-state index is 0.0247. The first-order valence-electron chi connectivity index (χ1n) is 13.0. The number of aromatic nitrogens is 2. The lowest BCUT2D eigenvalue weighted by molar-refractivity contribution is 0.00706. The monoisotopic (exact) mass is 535 g/mol. The van der Waals surface area contributed by atoms with Crippen LogP contribution in [0.3, 0.4) is 0 Å². The molecule has 3 fully saturated rings. The second kappa shape index (κ2) is 9.96. The third-order valence-electron chi connectivity index (χ3n) is 7.61. The van der Waals surface area contributed by atoms with Gasteiger partial charge in [-0.2, -0.15) is 4.98 Å². The lowest BCUT2D eigenvalue weighted by atomic mass is 9.98. The summed E-state index contributed by atoms with van der Waals surface area (Å²) in [5, 5.41) is 13.2. The van der Waals surface area contributed by atoms with Crippen molar-refractivity contribution < 1.29 is 32.8 Å². The molecule has 1 aromatic heterocycles. The molecule has 202 valence electrons. The summed E-state index contributed by atoms with van der Waals surface area (Å²) in [6.07, 6.45) is -2.11. The van der Waals surface area contributed by atoms with Crippen LogP contribution in [0, 0.1) is 11.6 Å². The number of benzene rings is 3. The fraction of sp³-hybridized carbons (Fsp3) is 0.345. The van der Waals surface area contributed by atoms with Crippen LogP contribution in [0.25, 0.3) is 33.3 Å². The summed E-state index contributed by atoms with van der Waals surface area (Å²) in [5.74, 6) is -1.48. The van der Waals surface area contributed by atoms with Gasteiger partial charge in [0.1, 0.15) is 29.6 Å². The van der Waals surface area contributed by atoms with E-state index in [-0.39, 0.29) is 41.9 Å². The fourth-order valence-corrected chi connectivity index (χ4v) is 5.57. The van der Waals surface area contributed by atoms with Crippen LogP contribution in [0.15, 0.2) is 54.6 Å². The van der Waals surface area contributed by atoms with Gasteiger partial charge in [0.05, 0.1) is 37.0 Å². The molecule has 3 aliphatic rings. The molecule has 0 bridgehead atoms. The van der Waals surface area contributed by atoms with Gasteiger partial charge < -0.3 is 34.4 Å². The van der Waals surface area contributed by atoms with E-state index in [1.165, 1.54) is 6.07 Å². The molecule has 0 saturated carbocycles. The van der Waals surface area contributed by atoms with Crippen molar-refractivity contribution in [2.45, 2.75) is 30.5 Å². The zero-order valence-corrected chi connectivity index (χ0v) is 20.9. The van der Waals surface area contributed by atoms with Crippen LogP contribution in [-0.4, -0.2) is 72.4 Å². The van der Waals surface area contributed by atoms with Gasteiger partial charge in [0, 0.05) is 19.2 Å². The van der Waals surface area contributed by atoms with Crippen molar-refractivity contribution in [1.29, 1.82) is 0 Å². The Hall–Kier alpha value is -3.41. The number of hydrogen-bond donors (Lipinski definition) is 3. The van der Waals surface area contributed by atoms with Gasteiger partial charge in [0.15, 0.2) is 11.9 Å². The highest BCUT2D eigenvalue weighted by Gasteiger charge is 2.48. The van der Waals surface area contributed by atoms with E-state index < -0.39 is 36.1 Å². The van der Waals surface area contributed by atoms with Crippen molar-refractivity contribution in [3.8, 4) is 28.3 Å². The normalized spacial score (nSPS) is 26.7. The highest BCUT2D eigenvalue weighted by atomic mass is 19.1. The largest absolute Gasteiger partial charge is 0.456 e. The highest BCUT2D eigenvalue weighted by Crippen LogP contribution is 2.35. The molecule has 0 radical (unpaired) electrons. The fourth-order valence-electron chi connectivity index (χ4n) is 5.57. The maximum atomic E-state index is 15.6. The summed E-state index contributed by atoms with van der Waals surface area (Å²) in [6.45, 7) is 2.70. The topological polar surface area (TPSA) is 97.9 Å². The molecule has 39 heavy (non-hydrogen) atoms. The van der Waals surface area contributed by atoms with Gasteiger partial charge in [-0.3, -0.25) is 0 Å². The molecule has 5 atom stereocenters. The Morgan fingerprint density at radius 2 is 1.62 bits per heavy atom. The number of aromatic amines is 1. The Balaban J connectivity index is 1.12. The average molecular weight is 536 g/mol. The van der Waals surface area contributed by atoms with Crippen LogP contribution in [0.4, 0.5) is 8.78 Å². The maximum Gasteiger partial charge on any atom is 0.295 e. The quantitative estimate of drug-likeness (QED) is 0.358. The van der Waals surface area contributed by atoms with E-state index >= 15 is 8.78 Å². The summed E-state index contributed by atoms with van der Waals surface area (Å²) in [4.78, 5) is 7.07. The summed E-state index contributed by atoms with van der Waals surface area (Å²) >= 11 is 0. The molecule has 10 heteroatoms. The second-order valence-electron chi connectivity index (χ2n) is 10.1. The lowest BCUT2D eigenvalue weighted by Crippen LogP contribution is -2.34.